The van der Waals surface area contributed by atoms with Crippen molar-refractivity contribution in [1.82, 2.24) is 20.4 Å². The van der Waals surface area contributed by atoms with E-state index in [0.717, 1.165) is 48.6 Å². The van der Waals surface area contributed by atoms with Crippen LogP contribution in [0.5, 0.6) is 0 Å². The first-order valence-corrected chi connectivity index (χ1v) is 12.2. The highest BCUT2D eigenvalue weighted by Crippen LogP contribution is 2.21. The SMILES string of the molecule is CCc1ccc(NC(=O)c2nnc(CN3CCC(C(=O)NCc4ccccc4)CC3)s2)cc1. The van der Waals surface area contributed by atoms with Gasteiger partial charge in [-0.2, -0.15) is 0 Å². The average molecular weight is 464 g/mol. The molecule has 2 amide bonds. The summed E-state index contributed by atoms with van der Waals surface area (Å²) < 4.78 is 0. The maximum atomic E-state index is 12.5. The van der Waals surface area contributed by atoms with Crippen LogP contribution in [-0.4, -0.2) is 40.0 Å². The summed E-state index contributed by atoms with van der Waals surface area (Å²) in [7, 11) is 0. The Balaban J connectivity index is 1.22. The molecule has 1 saturated heterocycles. The van der Waals surface area contributed by atoms with Crippen molar-refractivity contribution in [2.24, 2.45) is 5.92 Å². The molecule has 0 saturated carbocycles. The summed E-state index contributed by atoms with van der Waals surface area (Å²) in [4.78, 5) is 27.3. The second-order valence-electron chi connectivity index (χ2n) is 8.26. The van der Waals surface area contributed by atoms with Crippen LogP contribution in [0.25, 0.3) is 0 Å². The molecule has 2 N–H and O–H groups in total. The molecule has 4 rings (SSSR count). The number of carbonyl (C=O) groups is 2. The maximum Gasteiger partial charge on any atom is 0.286 e. The van der Waals surface area contributed by atoms with Crippen molar-refractivity contribution in [2.75, 3.05) is 18.4 Å². The number of anilines is 1. The molecule has 172 valence electrons. The van der Waals surface area contributed by atoms with Gasteiger partial charge in [0.05, 0.1) is 6.54 Å². The van der Waals surface area contributed by atoms with E-state index in [1.807, 2.05) is 54.6 Å². The highest BCUT2D eigenvalue weighted by atomic mass is 32.1. The van der Waals surface area contributed by atoms with Gasteiger partial charge in [0.2, 0.25) is 10.9 Å². The Morgan fingerprint density at radius 3 is 2.42 bits per heavy atom. The number of benzene rings is 2. The number of aromatic nitrogens is 2. The smallest absolute Gasteiger partial charge is 0.286 e. The van der Waals surface area contributed by atoms with Gasteiger partial charge in [-0.05, 0) is 55.6 Å². The molecule has 3 aromatic rings. The van der Waals surface area contributed by atoms with E-state index in [4.69, 9.17) is 0 Å². The van der Waals surface area contributed by atoms with Crippen molar-refractivity contribution in [3.8, 4) is 0 Å². The maximum absolute atomic E-state index is 12.5. The standard InChI is InChI=1S/C25H29N5O2S/c1-2-18-8-10-21(11-9-18)27-24(32)25-29-28-22(33-25)17-30-14-12-20(13-15-30)23(31)26-16-19-6-4-3-5-7-19/h3-11,20H,2,12-17H2,1H3,(H,26,31)(H,27,32). The molecule has 0 aliphatic carbocycles. The number of carbonyl (C=O) groups excluding carboxylic acids is 2. The molecule has 1 fully saturated rings. The predicted molar refractivity (Wildman–Crippen MR) is 130 cm³/mol. The zero-order valence-electron chi connectivity index (χ0n) is 18.8. The van der Waals surface area contributed by atoms with Gasteiger partial charge in [0, 0.05) is 18.2 Å². The Hall–Kier alpha value is -3.10. The van der Waals surface area contributed by atoms with Crippen molar-refractivity contribution in [3.63, 3.8) is 0 Å². The van der Waals surface area contributed by atoms with Gasteiger partial charge >= 0.3 is 0 Å². The van der Waals surface area contributed by atoms with Crippen molar-refractivity contribution in [2.45, 2.75) is 39.3 Å². The van der Waals surface area contributed by atoms with Gasteiger partial charge in [0.25, 0.3) is 5.91 Å². The van der Waals surface area contributed by atoms with Crippen molar-refractivity contribution < 1.29 is 9.59 Å². The van der Waals surface area contributed by atoms with E-state index in [-0.39, 0.29) is 17.7 Å². The fourth-order valence-electron chi connectivity index (χ4n) is 3.89. The largest absolute Gasteiger partial charge is 0.352 e. The first-order chi connectivity index (χ1) is 16.1. The Morgan fingerprint density at radius 2 is 1.73 bits per heavy atom. The van der Waals surface area contributed by atoms with E-state index in [2.05, 4.69) is 32.7 Å². The lowest BCUT2D eigenvalue weighted by Crippen LogP contribution is -2.40. The minimum atomic E-state index is -0.239. The summed E-state index contributed by atoms with van der Waals surface area (Å²) in [6, 6.07) is 17.8. The summed E-state index contributed by atoms with van der Waals surface area (Å²) in [5.41, 5.74) is 3.09. The lowest BCUT2D eigenvalue weighted by Gasteiger charge is -2.30. The van der Waals surface area contributed by atoms with E-state index in [9.17, 15) is 9.59 Å². The molecule has 33 heavy (non-hydrogen) atoms. The number of aryl methyl sites for hydroxylation is 1. The van der Waals surface area contributed by atoms with E-state index in [1.54, 1.807) is 0 Å². The molecule has 1 aliphatic heterocycles. The molecule has 0 bridgehead atoms. The fraction of sp³-hybridized carbons (Fsp3) is 0.360. The van der Waals surface area contributed by atoms with Crippen LogP contribution in [0.1, 0.15) is 45.7 Å². The number of piperidine rings is 1. The van der Waals surface area contributed by atoms with Gasteiger partial charge in [-0.1, -0.05) is 60.7 Å². The predicted octanol–water partition coefficient (Wildman–Crippen LogP) is 3.88. The molecule has 0 spiro atoms. The topological polar surface area (TPSA) is 87.2 Å². The monoisotopic (exact) mass is 463 g/mol. The molecule has 2 heterocycles. The minimum Gasteiger partial charge on any atom is -0.352 e. The Morgan fingerprint density at radius 1 is 1.00 bits per heavy atom. The number of hydrogen-bond acceptors (Lipinski definition) is 6. The second-order valence-corrected chi connectivity index (χ2v) is 9.32. The van der Waals surface area contributed by atoms with Crippen molar-refractivity contribution in [1.29, 1.82) is 0 Å². The van der Waals surface area contributed by atoms with E-state index in [1.165, 1.54) is 16.9 Å². The quantitative estimate of drug-likeness (QED) is 0.529. The molecule has 7 nitrogen and oxygen atoms in total. The molecule has 0 radical (unpaired) electrons. The van der Waals surface area contributed by atoms with Crippen molar-refractivity contribution >= 4 is 28.8 Å². The fourth-order valence-corrected chi connectivity index (χ4v) is 4.67. The Labute approximate surface area is 198 Å². The molecular weight excluding hydrogens is 434 g/mol. The van der Waals surface area contributed by atoms with Crippen LogP contribution in [0, 0.1) is 5.92 Å². The molecule has 0 atom stereocenters. The Kier molecular flexibility index (Phi) is 7.80. The zero-order valence-corrected chi connectivity index (χ0v) is 19.6. The third kappa shape index (κ3) is 6.46. The highest BCUT2D eigenvalue weighted by Gasteiger charge is 2.25. The summed E-state index contributed by atoms with van der Waals surface area (Å²) in [6.45, 7) is 4.97. The van der Waals surface area contributed by atoms with Gasteiger partial charge in [-0.15, -0.1) is 10.2 Å². The third-order valence-electron chi connectivity index (χ3n) is 5.91. The van der Waals surface area contributed by atoms with Crippen LogP contribution >= 0.6 is 11.3 Å². The van der Waals surface area contributed by atoms with E-state index < -0.39 is 0 Å². The van der Waals surface area contributed by atoms with Crippen molar-refractivity contribution in [3.05, 3.63) is 75.7 Å². The van der Waals surface area contributed by atoms with E-state index in [0.29, 0.717) is 18.1 Å². The highest BCUT2D eigenvalue weighted by molar-refractivity contribution is 7.13. The van der Waals surface area contributed by atoms with Gasteiger partial charge in [0.15, 0.2) is 0 Å². The molecule has 1 aliphatic rings. The number of hydrogen-bond donors (Lipinski definition) is 2. The van der Waals surface area contributed by atoms with Crippen LogP contribution in [0.2, 0.25) is 0 Å². The summed E-state index contributed by atoms with van der Waals surface area (Å²) in [5, 5.41) is 15.4. The number of nitrogens with one attached hydrogen (secondary N) is 2. The number of amides is 2. The summed E-state index contributed by atoms with van der Waals surface area (Å²) in [5.74, 6) is -0.0723. The van der Waals surface area contributed by atoms with Gasteiger partial charge in [-0.25, -0.2) is 0 Å². The molecule has 8 heteroatoms. The minimum absolute atomic E-state index is 0.0415. The van der Waals surface area contributed by atoms with Gasteiger partial charge in [-0.3, -0.25) is 14.5 Å². The Bertz CT molecular complexity index is 1060. The molecule has 2 aromatic carbocycles. The summed E-state index contributed by atoms with van der Waals surface area (Å²) >= 11 is 1.32. The lowest BCUT2D eigenvalue weighted by molar-refractivity contribution is -0.126. The van der Waals surface area contributed by atoms with Crippen LogP contribution in [-0.2, 0) is 24.3 Å². The van der Waals surface area contributed by atoms with Crippen LogP contribution in [0.15, 0.2) is 54.6 Å². The average Bonchev–Trinajstić information content (AvgIpc) is 3.33. The molecule has 1 aromatic heterocycles. The van der Waals surface area contributed by atoms with Crippen LogP contribution in [0.4, 0.5) is 5.69 Å². The second kappa shape index (κ2) is 11.2. The zero-order chi connectivity index (χ0) is 23.0. The number of rotatable bonds is 8. The van der Waals surface area contributed by atoms with Crippen LogP contribution < -0.4 is 10.6 Å². The third-order valence-corrected chi connectivity index (χ3v) is 6.81. The van der Waals surface area contributed by atoms with Gasteiger partial charge in [0.1, 0.15) is 5.01 Å². The lowest BCUT2D eigenvalue weighted by atomic mass is 9.96. The van der Waals surface area contributed by atoms with E-state index >= 15 is 0 Å². The number of likely N-dealkylation sites (tertiary alicyclic amines) is 1. The number of nitrogens with zero attached hydrogens (tertiary/aromatic N) is 3. The van der Waals surface area contributed by atoms with Crippen LogP contribution in [0.3, 0.4) is 0 Å². The van der Waals surface area contributed by atoms with Gasteiger partial charge < -0.3 is 10.6 Å². The first-order valence-electron chi connectivity index (χ1n) is 11.4. The molecular formula is C25H29N5O2S. The first kappa shape index (κ1) is 23.1. The normalized spacial score (nSPS) is 14.7. The molecule has 0 unspecified atom stereocenters. The summed E-state index contributed by atoms with van der Waals surface area (Å²) in [6.07, 6.45) is 2.60.